The highest BCUT2D eigenvalue weighted by Gasteiger charge is 2.41. The largest absolute Gasteiger partial charge is 0.391 e. The molecule has 0 saturated carbocycles. The van der Waals surface area contributed by atoms with Gasteiger partial charge in [0.1, 0.15) is 0 Å². The summed E-state index contributed by atoms with van der Waals surface area (Å²) in [7, 11) is 0. The van der Waals surface area contributed by atoms with Gasteiger partial charge in [-0.2, -0.15) is 13.2 Å². The lowest BCUT2D eigenvalue weighted by molar-refractivity contribution is -0.183. The van der Waals surface area contributed by atoms with Gasteiger partial charge in [0, 0.05) is 18.7 Å². The summed E-state index contributed by atoms with van der Waals surface area (Å²) in [5.74, 6) is -7.01. The minimum Gasteiger partial charge on any atom is -0.339 e. The van der Waals surface area contributed by atoms with E-state index in [0.717, 1.165) is 4.90 Å². The average molecular weight is 311 g/mol. The SMILES string of the molecule is O=C(c1cc(F)c(F)c(F)c1)N1CCC(C(F)(F)F)CC1. The Bertz CT molecular complexity index is 525. The molecule has 1 heterocycles. The van der Waals surface area contributed by atoms with E-state index in [2.05, 4.69) is 0 Å². The Kier molecular flexibility index (Phi) is 4.15. The van der Waals surface area contributed by atoms with E-state index in [9.17, 15) is 31.1 Å². The average Bonchev–Trinajstić information content (AvgIpc) is 2.42. The van der Waals surface area contributed by atoms with Crippen LogP contribution in [-0.4, -0.2) is 30.1 Å². The Hall–Kier alpha value is -1.73. The number of hydrogen-bond acceptors (Lipinski definition) is 1. The van der Waals surface area contributed by atoms with Crippen molar-refractivity contribution in [2.75, 3.05) is 13.1 Å². The van der Waals surface area contributed by atoms with Gasteiger partial charge in [-0.25, -0.2) is 13.2 Å². The van der Waals surface area contributed by atoms with E-state index in [1.807, 2.05) is 0 Å². The van der Waals surface area contributed by atoms with Crippen molar-refractivity contribution in [3.8, 4) is 0 Å². The molecule has 1 saturated heterocycles. The molecule has 1 aliphatic rings. The first kappa shape index (κ1) is 15.7. The Morgan fingerprint density at radius 2 is 1.52 bits per heavy atom. The monoisotopic (exact) mass is 311 g/mol. The van der Waals surface area contributed by atoms with Crippen molar-refractivity contribution < 1.29 is 31.1 Å². The molecule has 1 aliphatic heterocycles. The summed E-state index contributed by atoms with van der Waals surface area (Å²) in [5, 5.41) is 0. The Balaban J connectivity index is 2.09. The van der Waals surface area contributed by atoms with Crippen LogP contribution in [0.5, 0.6) is 0 Å². The van der Waals surface area contributed by atoms with Crippen LogP contribution in [0.4, 0.5) is 26.3 Å². The van der Waals surface area contributed by atoms with Gasteiger partial charge < -0.3 is 4.90 Å². The molecule has 2 rings (SSSR count). The van der Waals surface area contributed by atoms with Crippen molar-refractivity contribution in [2.45, 2.75) is 19.0 Å². The fraction of sp³-hybridized carbons (Fsp3) is 0.462. The van der Waals surface area contributed by atoms with Crippen LogP contribution in [0.15, 0.2) is 12.1 Å². The van der Waals surface area contributed by atoms with Gasteiger partial charge in [0.05, 0.1) is 5.92 Å². The lowest BCUT2D eigenvalue weighted by Crippen LogP contribution is -2.42. The molecule has 1 aromatic rings. The molecule has 0 aliphatic carbocycles. The number of benzene rings is 1. The van der Waals surface area contributed by atoms with Crippen LogP contribution in [0.2, 0.25) is 0 Å². The number of carbonyl (C=O) groups excluding carboxylic acids is 1. The van der Waals surface area contributed by atoms with E-state index in [0.29, 0.717) is 12.1 Å². The molecule has 8 heteroatoms. The molecule has 0 radical (unpaired) electrons. The zero-order valence-electron chi connectivity index (χ0n) is 10.7. The van der Waals surface area contributed by atoms with Crippen LogP contribution >= 0.6 is 0 Å². The maximum absolute atomic E-state index is 13.1. The summed E-state index contributed by atoms with van der Waals surface area (Å²) in [5.41, 5.74) is -0.420. The second-order valence-corrected chi connectivity index (χ2v) is 4.86. The summed E-state index contributed by atoms with van der Waals surface area (Å²) < 4.78 is 76.4. The number of amides is 1. The molecular formula is C13H11F6NO. The van der Waals surface area contributed by atoms with Crippen LogP contribution in [0.1, 0.15) is 23.2 Å². The van der Waals surface area contributed by atoms with E-state index in [1.54, 1.807) is 0 Å². The van der Waals surface area contributed by atoms with Crippen LogP contribution in [0, 0.1) is 23.4 Å². The smallest absolute Gasteiger partial charge is 0.339 e. The number of likely N-dealkylation sites (tertiary alicyclic amines) is 1. The molecule has 0 spiro atoms. The van der Waals surface area contributed by atoms with Gasteiger partial charge >= 0.3 is 6.18 Å². The number of rotatable bonds is 1. The van der Waals surface area contributed by atoms with Gasteiger partial charge in [-0.1, -0.05) is 0 Å². The first-order valence-electron chi connectivity index (χ1n) is 6.20. The van der Waals surface area contributed by atoms with Gasteiger partial charge in [0.2, 0.25) is 0 Å². The minimum atomic E-state index is -4.32. The molecule has 116 valence electrons. The molecule has 0 bridgehead atoms. The van der Waals surface area contributed by atoms with Crippen molar-refractivity contribution in [3.05, 3.63) is 35.1 Å². The van der Waals surface area contributed by atoms with E-state index < -0.39 is 41.0 Å². The zero-order valence-corrected chi connectivity index (χ0v) is 10.7. The summed E-state index contributed by atoms with van der Waals surface area (Å²) in [6, 6.07) is 1.08. The first-order valence-corrected chi connectivity index (χ1v) is 6.20. The van der Waals surface area contributed by atoms with Crippen LogP contribution < -0.4 is 0 Å². The normalized spacial score (nSPS) is 17.1. The third kappa shape index (κ3) is 3.30. The standard InChI is InChI=1S/C13H11F6NO/c14-9-5-7(6-10(15)11(9)16)12(21)20-3-1-8(2-4-20)13(17,18)19/h5-6,8H,1-4H2. The van der Waals surface area contributed by atoms with E-state index >= 15 is 0 Å². The van der Waals surface area contributed by atoms with E-state index in [4.69, 9.17) is 0 Å². The molecule has 0 aromatic heterocycles. The fourth-order valence-corrected chi connectivity index (χ4v) is 2.27. The molecular weight excluding hydrogens is 300 g/mol. The predicted octanol–water partition coefficient (Wildman–Crippen LogP) is 3.52. The third-order valence-electron chi connectivity index (χ3n) is 3.48. The van der Waals surface area contributed by atoms with Gasteiger partial charge in [0.15, 0.2) is 17.5 Å². The maximum Gasteiger partial charge on any atom is 0.391 e. The molecule has 0 atom stereocenters. The van der Waals surface area contributed by atoms with Crippen molar-refractivity contribution >= 4 is 5.91 Å². The molecule has 0 unspecified atom stereocenters. The first-order chi connectivity index (χ1) is 9.70. The second kappa shape index (κ2) is 5.57. The van der Waals surface area contributed by atoms with Crippen molar-refractivity contribution in [3.63, 3.8) is 0 Å². The minimum absolute atomic E-state index is 0.163. The van der Waals surface area contributed by atoms with Gasteiger partial charge in [-0.3, -0.25) is 4.79 Å². The quantitative estimate of drug-likeness (QED) is 0.574. The topological polar surface area (TPSA) is 20.3 Å². The lowest BCUT2D eigenvalue weighted by Gasteiger charge is -2.33. The fourth-order valence-electron chi connectivity index (χ4n) is 2.27. The highest BCUT2D eigenvalue weighted by Crippen LogP contribution is 2.34. The van der Waals surface area contributed by atoms with E-state index in [-0.39, 0.29) is 25.9 Å². The second-order valence-electron chi connectivity index (χ2n) is 4.86. The highest BCUT2D eigenvalue weighted by atomic mass is 19.4. The number of piperidine rings is 1. The van der Waals surface area contributed by atoms with Crippen molar-refractivity contribution in [1.82, 2.24) is 4.90 Å². The van der Waals surface area contributed by atoms with Gasteiger partial charge in [0.25, 0.3) is 5.91 Å². The van der Waals surface area contributed by atoms with Gasteiger partial charge in [-0.15, -0.1) is 0 Å². The molecule has 1 aromatic carbocycles. The maximum atomic E-state index is 13.1. The molecule has 1 fully saturated rings. The van der Waals surface area contributed by atoms with Crippen molar-refractivity contribution in [2.24, 2.45) is 5.92 Å². The summed E-state index contributed by atoms with van der Waals surface area (Å²) in [4.78, 5) is 13.0. The molecule has 2 nitrogen and oxygen atoms in total. The predicted molar refractivity (Wildman–Crippen MR) is 61.0 cm³/mol. The van der Waals surface area contributed by atoms with Gasteiger partial charge in [-0.05, 0) is 25.0 Å². The molecule has 0 N–H and O–H groups in total. The highest BCUT2D eigenvalue weighted by molar-refractivity contribution is 5.94. The zero-order chi connectivity index (χ0) is 15.8. The number of halogens is 6. The van der Waals surface area contributed by atoms with Crippen LogP contribution in [0.3, 0.4) is 0 Å². The summed E-state index contributed by atoms with van der Waals surface area (Å²) >= 11 is 0. The number of alkyl halides is 3. The lowest BCUT2D eigenvalue weighted by atomic mass is 9.96. The number of hydrogen-bond donors (Lipinski definition) is 0. The molecule has 1 amide bonds. The summed E-state index contributed by atoms with van der Waals surface area (Å²) in [6.07, 6.45) is -4.84. The summed E-state index contributed by atoms with van der Waals surface area (Å²) in [6.45, 7) is -0.326. The Labute approximate surface area is 116 Å². The van der Waals surface area contributed by atoms with Crippen molar-refractivity contribution in [1.29, 1.82) is 0 Å². The third-order valence-corrected chi connectivity index (χ3v) is 3.48. The van der Waals surface area contributed by atoms with Crippen LogP contribution in [0.25, 0.3) is 0 Å². The molecule has 21 heavy (non-hydrogen) atoms. The van der Waals surface area contributed by atoms with E-state index in [1.165, 1.54) is 0 Å². The Morgan fingerprint density at radius 1 is 1.05 bits per heavy atom. The number of nitrogens with zero attached hydrogens (tertiary/aromatic N) is 1. The number of carbonyl (C=O) groups is 1. The van der Waals surface area contributed by atoms with Crippen LogP contribution in [-0.2, 0) is 0 Å². The Morgan fingerprint density at radius 3 is 1.95 bits per heavy atom.